The molecule has 0 aliphatic carbocycles. The lowest BCUT2D eigenvalue weighted by atomic mass is 9.77. The van der Waals surface area contributed by atoms with E-state index in [-0.39, 0.29) is 5.94 Å². The second-order valence-corrected chi connectivity index (χ2v) is 2.10. The molecule has 0 rings (SSSR count). The van der Waals surface area contributed by atoms with Crippen LogP contribution in [0, 0.1) is 0 Å². The minimum Gasteiger partial charge on any atom is -0.426 e. The standard InChI is InChI=1S/C5H14BNO2/c1-3-4-5(7-2)6(8)9/h5,7-9H,3-4H2,1-2H3. The van der Waals surface area contributed by atoms with Gasteiger partial charge in [-0.25, -0.2) is 0 Å². The van der Waals surface area contributed by atoms with Gasteiger partial charge in [-0.1, -0.05) is 13.3 Å². The van der Waals surface area contributed by atoms with Crippen molar-refractivity contribution >= 4 is 7.12 Å². The van der Waals surface area contributed by atoms with Gasteiger partial charge in [0.1, 0.15) is 0 Å². The van der Waals surface area contributed by atoms with Crippen LogP contribution in [0.25, 0.3) is 0 Å². The Labute approximate surface area is 56.2 Å². The van der Waals surface area contributed by atoms with Gasteiger partial charge in [0.25, 0.3) is 0 Å². The zero-order chi connectivity index (χ0) is 7.28. The summed E-state index contributed by atoms with van der Waals surface area (Å²) in [6.45, 7) is 2.01. The molecule has 3 nitrogen and oxygen atoms in total. The molecule has 4 heteroatoms. The maximum Gasteiger partial charge on any atom is 0.469 e. The van der Waals surface area contributed by atoms with Crippen molar-refractivity contribution in [3.8, 4) is 0 Å². The molecule has 0 saturated carbocycles. The zero-order valence-corrected chi connectivity index (χ0v) is 5.96. The second-order valence-electron chi connectivity index (χ2n) is 2.10. The van der Waals surface area contributed by atoms with E-state index in [0.717, 1.165) is 12.8 Å². The van der Waals surface area contributed by atoms with E-state index in [1.165, 1.54) is 0 Å². The molecule has 0 aromatic carbocycles. The van der Waals surface area contributed by atoms with Gasteiger partial charge in [0, 0.05) is 5.94 Å². The molecule has 0 aromatic heterocycles. The largest absolute Gasteiger partial charge is 0.469 e. The van der Waals surface area contributed by atoms with E-state index >= 15 is 0 Å². The van der Waals surface area contributed by atoms with E-state index < -0.39 is 7.12 Å². The van der Waals surface area contributed by atoms with Crippen LogP contribution in [0.5, 0.6) is 0 Å². The van der Waals surface area contributed by atoms with Crippen molar-refractivity contribution in [2.24, 2.45) is 0 Å². The van der Waals surface area contributed by atoms with E-state index in [9.17, 15) is 0 Å². The summed E-state index contributed by atoms with van der Waals surface area (Å²) >= 11 is 0. The quantitative estimate of drug-likeness (QED) is 0.446. The summed E-state index contributed by atoms with van der Waals surface area (Å²) in [5, 5.41) is 20.1. The van der Waals surface area contributed by atoms with Crippen molar-refractivity contribution in [1.82, 2.24) is 5.32 Å². The predicted octanol–water partition coefficient (Wildman–Crippen LogP) is -0.613. The summed E-state index contributed by atoms with van der Waals surface area (Å²) < 4.78 is 0. The molecular weight excluding hydrogens is 117 g/mol. The lowest BCUT2D eigenvalue weighted by Gasteiger charge is -2.12. The van der Waals surface area contributed by atoms with Crippen LogP contribution in [0.4, 0.5) is 0 Å². The maximum absolute atomic E-state index is 8.64. The minimum absolute atomic E-state index is 0.171. The Bertz CT molecular complexity index is 70.0. The van der Waals surface area contributed by atoms with E-state index in [4.69, 9.17) is 10.0 Å². The zero-order valence-electron chi connectivity index (χ0n) is 5.96. The van der Waals surface area contributed by atoms with Gasteiger partial charge >= 0.3 is 7.12 Å². The molecule has 0 heterocycles. The monoisotopic (exact) mass is 131 g/mol. The van der Waals surface area contributed by atoms with Crippen molar-refractivity contribution in [2.45, 2.75) is 25.7 Å². The molecule has 1 unspecified atom stereocenters. The highest BCUT2D eigenvalue weighted by molar-refractivity contribution is 6.43. The van der Waals surface area contributed by atoms with E-state index in [2.05, 4.69) is 5.32 Å². The fraction of sp³-hybridized carbons (Fsp3) is 1.00. The molecule has 0 radical (unpaired) electrons. The first kappa shape index (κ1) is 8.94. The summed E-state index contributed by atoms with van der Waals surface area (Å²) in [7, 11) is 0.495. The summed E-state index contributed by atoms with van der Waals surface area (Å²) in [4.78, 5) is 0. The van der Waals surface area contributed by atoms with Crippen molar-refractivity contribution in [3.63, 3.8) is 0 Å². The molecule has 0 saturated heterocycles. The summed E-state index contributed by atoms with van der Waals surface area (Å²) in [6, 6.07) is 0. The number of hydrogen-bond acceptors (Lipinski definition) is 3. The van der Waals surface area contributed by atoms with Crippen LogP contribution in [0.1, 0.15) is 19.8 Å². The van der Waals surface area contributed by atoms with E-state index in [1.807, 2.05) is 6.92 Å². The molecular formula is C5H14BNO2. The van der Waals surface area contributed by atoms with Gasteiger partial charge in [-0.05, 0) is 13.5 Å². The van der Waals surface area contributed by atoms with Gasteiger partial charge in [-0.15, -0.1) is 0 Å². The Morgan fingerprint density at radius 2 is 2.11 bits per heavy atom. The molecule has 0 spiro atoms. The Morgan fingerprint density at radius 1 is 1.56 bits per heavy atom. The van der Waals surface area contributed by atoms with Gasteiger partial charge < -0.3 is 15.4 Å². The maximum atomic E-state index is 8.64. The highest BCUT2D eigenvalue weighted by Gasteiger charge is 2.19. The van der Waals surface area contributed by atoms with Crippen LogP contribution in [0.2, 0.25) is 0 Å². The summed E-state index contributed by atoms with van der Waals surface area (Å²) in [5.74, 6) is -0.171. The van der Waals surface area contributed by atoms with Crippen LogP contribution in [-0.2, 0) is 0 Å². The fourth-order valence-electron chi connectivity index (χ4n) is 0.753. The average Bonchev–Trinajstić information content (AvgIpc) is 1.82. The molecule has 0 aromatic rings. The van der Waals surface area contributed by atoms with Gasteiger partial charge in [0.15, 0.2) is 0 Å². The number of hydrogen-bond donors (Lipinski definition) is 3. The van der Waals surface area contributed by atoms with Crippen molar-refractivity contribution in [1.29, 1.82) is 0 Å². The van der Waals surface area contributed by atoms with Crippen LogP contribution in [-0.4, -0.2) is 30.2 Å². The lowest BCUT2D eigenvalue weighted by Crippen LogP contribution is -2.41. The molecule has 0 aliphatic rings. The molecule has 9 heavy (non-hydrogen) atoms. The Balaban J connectivity index is 3.41. The van der Waals surface area contributed by atoms with Crippen molar-refractivity contribution < 1.29 is 10.0 Å². The van der Waals surface area contributed by atoms with Gasteiger partial charge in [-0.3, -0.25) is 0 Å². The highest BCUT2D eigenvalue weighted by atomic mass is 16.4. The molecule has 0 aliphatic heterocycles. The first-order chi connectivity index (χ1) is 4.22. The predicted molar refractivity (Wildman–Crippen MR) is 37.9 cm³/mol. The Morgan fingerprint density at radius 3 is 2.22 bits per heavy atom. The average molecular weight is 131 g/mol. The number of rotatable bonds is 4. The normalized spacial score (nSPS) is 13.3. The van der Waals surface area contributed by atoms with Gasteiger partial charge in [0.2, 0.25) is 0 Å². The molecule has 54 valence electrons. The van der Waals surface area contributed by atoms with Crippen LogP contribution >= 0.6 is 0 Å². The third-order valence-corrected chi connectivity index (χ3v) is 1.33. The van der Waals surface area contributed by atoms with Crippen LogP contribution < -0.4 is 5.32 Å². The van der Waals surface area contributed by atoms with E-state index in [1.54, 1.807) is 7.05 Å². The highest BCUT2D eigenvalue weighted by Crippen LogP contribution is 1.95. The fourth-order valence-corrected chi connectivity index (χ4v) is 0.753. The van der Waals surface area contributed by atoms with Crippen molar-refractivity contribution in [3.05, 3.63) is 0 Å². The van der Waals surface area contributed by atoms with Crippen molar-refractivity contribution in [2.75, 3.05) is 7.05 Å². The van der Waals surface area contributed by atoms with E-state index in [0.29, 0.717) is 0 Å². The molecule has 3 N–H and O–H groups in total. The number of nitrogens with one attached hydrogen (secondary N) is 1. The second kappa shape index (κ2) is 4.79. The lowest BCUT2D eigenvalue weighted by molar-refractivity contribution is 0.368. The topological polar surface area (TPSA) is 52.5 Å². The third-order valence-electron chi connectivity index (χ3n) is 1.33. The van der Waals surface area contributed by atoms with Gasteiger partial charge in [-0.2, -0.15) is 0 Å². The summed E-state index contributed by atoms with van der Waals surface area (Å²) in [6.07, 6.45) is 1.76. The Kier molecular flexibility index (Phi) is 4.76. The third kappa shape index (κ3) is 3.51. The Hall–Kier alpha value is -0.0551. The smallest absolute Gasteiger partial charge is 0.426 e. The molecule has 0 fully saturated rings. The summed E-state index contributed by atoms with van der Waals surface area (Å²) in [5.41, 5.74) is 0. The first-order valence-corrected chi connectivity index (χ1v) is 3.25. The molecule has 0 bridgehead atoms. The molecule has 1 atom stereocenters. The minimum atomic E-state index is -1.23. The van der Waals surface area contributed by atoms with Crippen LogP contribution in [0.3, 0.4) is 0 Å². The molecule has 0 amide bonds. The SMILES string of the molecule is CCCC(NC)B(O)O. The van der Waals surface area contributed by atoms with Crippen LogP contribution in [0.15, 0.2) is 0 Å². The first-order valence-electron chi connectivity index (χ1n) is 3.25. The van der Waals surface area contributed by atoms with Gasteiger partial charge in [0.05, 0.1) is 0 Å².